The van der Waals surface area contributed by atoms with E-state index in [-0.39, 0.29) is 5.92 Å². The van der Waals surface area contributed by atoms with Crippen LogP contribution in [0.25, 0.3) is 0 Å². The minimum atomic E-state index is -4.31. The van der Waals surface area contributed by atoms with Crippen molar-refractivity contribution in [3.05, 3.63) is 51.5 Å². The van der Waals surface area contributed by atoms with Crippen LogP contribution in [0.2, 0.25) is 0 Å². The number of halogens is 3. The fourth-order valence-electron chi connectivity index (χ4n) is 2.46. The Balaban J connectivity index is 1.82. The van der Waals surface area contributed by atoms with E-state index in [1.54, 1.807) is 24.5 Å². The summed E-state index contributed by atoms with van der Waals surface area (Å²) in [6, 6.07) is 5.51. The average Bonchev–Trinajstić information content (AvgIpc) is 3.02. The Hall–Kier alpha value is -2.09. The average molecular weight is 384 g/mol. The van der Waals surface area contributed by atoms with Gasteiger partial charge in [-0.3, -0.25) is 4.99 Å². The Morgan fingerprint density at radius 2 is 2.08 bits per heavy atom. The number of thiazole rings is 1. The zero-order valence-corrected chi connectivity index (χ0v) is 15.8. The Morgan fingerprint density at radius 3 is 2.69 bits per heavy atom. The van der Waals surface area contributed by atoms with Crippen molar-refractivity contribution in [2.24, 2.45) is 4.99 Å². The molecule has 0 bridgehead atoms. The first kappa shape index (κ1) is 20.2. The van der Waals surface area contributed by atoms with Crippen LogP contribution >= 0.6 is 11.3 Å². The molecule has 26 heavy (non-hydrogen) atoms. The molecule has 1 atom stereocenters. The summed E-state index contributed by atoms with van der Waals surface area (Å²) in [6.45, 7) is 5.12. The molecule has 142 valence electrons. The van der Waals surface area contributed by atoms with E-state index in [1.165, 1.54) is 12.1 Å². The van der Waals surface area contributed by atoms with Crippen LogP contribution in [0.1, 0.15) is 40.3 Å². The standard InChI is InChI=1S/C18H23F3N4S/c1-12(14-5-4-6-15(9-14)18(19,20)21)7-8-23-17(22-3)25-11-16-24-10-13(2)26-16/h4-6,9-10,12H,7-8,11H2,1-3H3,(H2,22,23,25). The summed E-state index contributed by atoms with van der Waals surface area (Å²) in [6.07, 6.45) is -1.79. The number of hydrogen-bond donors (Lipinski definition) is 2. The van der Waals surface area contributed by atoms with Gasteiger partial charge in [-0.25, -0.2) is 4.98 Å². The summed E-state index contributed by atoms with van der Waals surface area (Å²) in [5, 5.41) is 7.34. The second kappa shape index (κ2) is 9.02. The molecule has 8 heteroatoms. The van der Waals surface area contributed by atoms with E-state index in [2.05, 4.69) is 20.6 Å². The van der Waals surface area contributed by atoms with Crippen LogP contribution in [0, 0.1) is 6.92 Å². The van der Waals surface area contributed by atoms with Gasteiger partial charge in [-0.15, -0.1) is 11.3 Å². The predicted octanol–water partition coefficient (Wildman–Crippen LogP) is 4.33. The van der Waals surface area contributed by atoms with E-state index >= 15 is 0 Å². The number of nitrogens with one attached hydrogen (secondary N) is 2. The molecule has 0 aliphatic carbocycles. The lowest BCUT2D eigenvalue weighted by Crippen LogP contribution is -2.37. The van der Waals surface area contributed by atoms with Crippen LogP contribution in [-0.2, 0) is 12.7 Å². The molecule has 2 N–H and O–H groups in total. The minimum Gasteiger partial charge on any atom is -0.356 e. The van der Waals surface area contributed by atoms with E-state index in [0.29, 0.717) is 31.0 Å². The number of alkyl halides is 3. The summed E-state index contributed by atoms with van der Waals surface area (Å²) >= 11 is 1.62. The van der Waals surface area contributed by atoms with Gasteiger partial charge in [-0.1, -0.05) is 25.1 Å². The van der Waals surface area contributed by atoms with Crippen LogP contribution in [0.4, 0.5) is 13.2 Å². The number of nitrogens with zero attached hydrogens (tertiary/aromatic N) is 2. The summed E-state index contributed by atoms with van der Waals surface area (Å²) in [4.78, 5) is 9.58. The molecule has 0 fully saturated rings. The lowest BCUT2D eigenvalue weighted by atomic mass is 9.96. The van der Waals surface area contributed by atoms with Crippen LogP contribution in [0.15, 0.2) is 35.5 Å². The summed E-state index contributed by atoms with van der Waals surface area (Å²) in [5.41, 5.74) is 0.0776. The third kappa shape index (κ3) is 6.01. The SMILES string of the molecule is CN=C(NCCC(C)c1cccc(C(F)(F)F)c1)NCc1ncc(C)s1. The van der Waals surface area contributed by atoms with Crippen LogP contribution in [-0.4, -0.2) is 24.5 Å². The maximum atomic E-state index is 12.8. The summed E-state index contributed by atoms with van der Waals surface area (Å²) < 4.78 is 38.5. The number of aryl methyl sites for hydroxylation is 1. The Labute approximate surface area is 155 Å². The highest BCUT2D eigenvalue weighted by molar-refractivity contribution is 7.11. The molecule has 1 aromatic carbocycles. The molecule has 0 aliphatic rings. The topological polar surface area (TPSA) is 49.3 Å². The third-order valence-electron chi connectivity index (χ3n) is 3.95. The van der Waals surface area contributed by atoms with Gasteiger partial charge >= 0.3 is 6.18 Å². The highest BCUT2D eigenvalue weighted by Gasteiger charge is 2.30. The van der Waals surface area contributed by atoms with Gasteiger partial charge in [0.05, 0.1) is 12.1 Å². The Morgan fingerprint density at radius 1 is 1.31 bits per heavy atom. The first-order valence-electron chi connectivity index (χ1n) is 8.32. The number of guanidine groups is 1. The normalized spacial score (nSPS) is 13.5. The highest BCUT2D eigenvalue weighted by Crippen LogP contribution is 2.31. The molecular weight excluding hydrogens is 361 g/mol. The van der Waals surface area contributed by atoms with E-state index in [4.69, 9.17) is 0 Å². The lowest BCUT2D eigenvalue weighted by Gasteiger charge is -2.16. The van der Waals surface area contributed by atoms with Gasteiger partial charge in [0.15, 0.2) is 5.96 Å². The van der Waals surface area contributed by atoms with Gasteiger partial charge in [-0.2, -0.15) is 13.2 Å². The van der Waals surface area contributed by atoms with Gasteiger partial charge in [-0.05, 0) is 30.9 Å². The van der Waals surface area contributed by atoms with E-state index < -0.39 is 11.7 Å². The van der Waals surface area contributed by atoms with Crippen molar-refractivity contribution >= 4 is 17.3 Å². The van der Waals surface area contributed by atoms with Gasteiger partial charge in [0, 0.05) is 24.7 Å². The van der Waals surface area contributed by atoms with Crippen LogP contribution in [0.5, 0.6) is 0 Å². The third-order valence-corrected chi connectivity index (χ3v) is 4.87. The van der Waals surface area contributed by atoms with Crippen molar-refractivity contribution < 1.29 is 13.2 Å². The molecular formula is C18H23F3N4S. The molecule has 1 aromatic heterocycles. The first-order chi connectivity index (χ1) is 12.3. The maximum absolute atomic E-state index is 12.8. The number of benzene rings is 1. The molecule has 4 nitrogen and oxygen atoms in total. The van der Waals surface area contributed by atoms with Crippen molar-refractivity contribution in [1.29, 1.82) is 0 Å². The quantitative estimate of drug-likeness (QED) is 0.576. The Bertz CT molecular complexity index is 740. The van der Waals surface area contributed by atoms with Gasteiger partial charge < -0.3 is 10.6 Å². The number of aromatic nitrogens is 1. The minimum absolute atomic E-state index is 0.00418. The molecule has 1 heterocycles. The van der Waals surface area contributed by atoms with Crippen molar-refractivity contribution in [2.75, 3.05) is 13.6 Å². The zero-order valence-electron chi connectivity index (χ0n) is 15.0. The Kier molecular flexibility index (Phi) is 7.02. The van der Waals surface area contributed by atoms with E-state index in [1.807, 2.05) is 20.0 Å². The van der Waals surface area contributed by atoms with Crippen molar-refractivity contribution in [2.45, 2.75) is 38.9 Å². The monoisotopic (exact) mass is 384 g/mol. The van der Waals surface area contributed by atoms with E-state index in [9.17, 15) is 13.2 Å². The molecule has 0 saturated heterocycles. The van der Waals surface area contributed by atoms with Gasteiger partial charge in [0.25, 0.3) is 0 Å². The molecule has 2 rings (SSSR count). The first-order valence-corrected chi connectivity index (χ1v) is 9.14. The summed E-state index contributed by atoms with van der Waals surface area (Å²) in [7, 11) is 1.68. The summed E-state index contributed by atoms with van der Waals surface area (Å²) in [5.74, 6) is 0.651. The largest absolute Gasteiger partial charge is 0.416 e. The lowest BCUT2D eigenvalue weighted by molar-refractivity contribution is -0.137. The van der Waals surface area contributed by atoms with E-state index in [0.717, 1.165) is 16.0 Å². The fraction of sp³-hybridized carbons (Fsp3) is 0.444. The molecule has 0 radical (unpaired) electrons. The number of hydrogen-bond acceptors (Lipinski definition) is 3. The number of aliphatic imine (C=N–C) groups is 1. The van der Waals surface area contributed by atoms with Gasteiger partial charge in [0.2, 0.25) is 0 Å². The van der Waals surface area contributed by atoms with Gasteiger partial charge in [0.1, 0.15) is 5.01 Å². The molecule has 1 unspecified atom stereocenters. The van der Waals surface area contributed by atoms with Crippen molar-refractivity contribution in [3.63, 3.8) is 0 Å². The number of rotatable bonds is 6. The second-order valence-corrected chi connectivity index (χ2v) is 7.35. The molecule has 2 aromatic rings. The van der Waals surface area contributed by atoms with Crippen LogP contribution in [0.3, 0.4) is 0 Å². The fourth-order valence-corrected chi connectivity index (χ4v) is 3.19. The van der Waals surface area contributed by atoms with Crippen LogP contribution < -0.4 is 10.6 Å². The highest BCUT2D eigenvalue weighted by atomic mass is 32.1. The molecule has 0 amide bonds. The van der Waals surface area contributed by atoms with Crippen molar-refractivity contribution in [3.8, 4) is 0 Å². The molecule has 0 saturated carbocycles. The molecule has 0 aliphatic heterocycles. The maximum Gasteiger partial charge on any atom is 0.416 e. The smallest absolute Gasteiger partial charge is 0.356 e. The second-order valence-electron chi connectivity index (χ2n) is 6.03. The van der Waals surface area contributed by atoms with Crippen molar-refractivity contribution in [1.82, 2.24) is 15.6 Å². The predicted molar refractivity (Wildman–Crippen MR) is 99.5 cm³/mol. The zero-order chi connectivity index (χ0) is 19.2. The molecule has 0 spiro atoms.